The molecule has 2 heterocycles. The molecule has 1 saturated heterocycles. The molecule has 3 rings (SSSR count). The number of aryl methyl sites for hydroxylation is 1. The zero-order valence-corrected chi connectivity index (χ0v) is 12.7. The topological polar surface area (TPSA) is 66.7 Å². The summed E-state index contributed by atoms with van der Waals surface area (Å²) < 4.78 is 18.6. The van der Waals surface area contributed by atoms with Crippen molar-refractivity contribution in [2.45, 2.75) is 6.92 Å². The number of halogens is 1. The number of amides is 2. The molecule has 120 valence electrons. The molecule has 7 heteroatoms. The van der Waals surface area contributed by atoms with Gasteiger partial charge in [0.25, 0.3) is 11.8 Å². The maximum atomic E-state index is 13.7. The van der Waals surface area contributed by atoms with Gasteiger partial charge in [-0.3, -0.25) is 9.59 Å². The Labute approximate surface area is 132 Å². The lowest BCUT2D eigenvalue weighted by Crippen LogP contribution is -2.50. The Bertz CT molecular complexity index is 736. The molecule has 1 fully saturated rings. The molecule has 6 nitrogen and oxygen atoms in total. The number of nitrogens with zero attached hydrogens (tertiary/aromatic N) is 3. The summed E-state index contributed by atoms with van der Waals surface area (Å²) in [7, 11) is 0. The van der Waals surface area contributed by atoms with Gasteiger partial charge in [0, 0.05) is 32.2 Å². The summed E-state index contributed by atoms with van der Waals surface area (Å²) in [6.07, 6.45) is 0. The van der Waals surface area contributed by atoms with E-state index < -0.39 is 5.82 Å². The van der Waals surface area contributed by atoms with Crippen LogP contribution in [0.3, 0.4) is 0 Å². The molecule has 2 aromatic rings. The van der Waals surface area contributed by atoms with Crippen molar-refractivity contribution in [2.75, 3.05) is 26.2 Å². The molecule has 0 saturated carbocycles. The third-order valence-corrected chi connectivity index (χ3v) is 3.81. The van der Waals surface area contributed by atoms with Crippen molar-refractivity contribution >= 4 is 11.8 Å². The molecule has 1 aliphatic rings. The van der Waals surface area contributed by atoms with E-state index in [1.165, 1.54) is 12.1 Å². The van der Waals surface area contributed by atoms with Crippen LogP contribution < -0.4 is 0 Å². The molecule has 0 spiro atoms. The van der Waals surface area contributed by atoms with Crippen LogP contribution in [0, 0.1) is 12.7 Å². The molecular weight excluding hydrogens is 301 g/mol. The van der Waals surface area contributed by atoms with Crippen LogP contribution in [0.2, 0.25) is 0 Å². The van der Waals surface area contributed by atoms with Crippen molar-refractivity contribution in [3.8, 4) is 0 Å². The van der Waals surface area contributed by atoms with Crippen LogP contribution in [-0.4, -0.2) is 52.9 Å². The Morgan fingerprint density at radius 1 is 1.09 bits per heavy atom. The van der Waals surface area contributed by atoms with Crippen molar-refractivity contribution in [3.05, 3.63) is 53.2 Å². The lowest BCUT2D eigenvalue weighted by Gasteiger charge is -2.34. The zero-order chi connectivity index (χ0) is 16.4. The SMILES string of the molecule is Cc1cc(C(=O)N2CCN(C(=O)c3ccccc3F)CC2)no1. The predicted octanol–water partition coefficient (Wildman–Crippen LogP) is 1.72. The molecule has 1 aromatic heterocycles. The number of hydrogen-bond acceptors (Lipinski definition) is 4. The number of carbonyl (C=O) groups is 2. The van der Waals surface area contributed by atoms with Gasteiger partial charge in [-0.05, 0) is 19.1 Å². The first kappa shape index (κ1) is 15.2. The molecule has 2 amide bonds. The number of benzene rings is 1. The summed E-state index contributed by atoms with van der Waals surface area (Å²) in [6.45, 7) is 3.19. The summed E-state index contributed by atoms with van der Waals surface area (Å²) in [6, 6.07) is 7.48. The van der Waals surface area contributed by atoms with Gasteiger partial charge in [-0.15, -0.1) is 0 Å². The van der Waals surface area contributed by atoms with E-state index in [4.69, 9.17) is 4.52 Å². The lowest BCUT2D eigenvalue weighted by molar-refractivity contribution is 0.0527. The van der Waals surface area contributed by atoms with E-state index >= 15 is 0 Å². The van der Waals surface area contributed by atoms with Crippen LogP contribution in [0.5, 0.6) is 0 Å². The molecule has 23 heavy (non-hydrogen) atoms. The van der Waals surface area contributed by atoms with E-state index in [2.05, 4.69) is 5.16 Å². The second-order valence-electron chi connectivity index (χ2n) is 5.39. The summed E-state index contributed by atoms with van der Waals surface area (Å²) in [4.78, 5) is 27.7. The van der Waals surface area contributed by atoms with Crippen molar-refractivity contribution < 1.29 is 18.5 Å². The Morgan fingerprint density at radius 2 is 1.70 bits per heavy atom. The van der Waals surface area contributed by atoms with Crippen molar-refractivity contribution in [2.24, 2.45) is 0 Å². The molecular formula is C16H16FN3O3. The van der Waals surface area contributed by atoms with E-state index in [-0.39, 0.29) is 23.1 Å². The summed E-state index contributed by atoms with van der Waals surface area (Å²) in [5.74, 6) is -0.539. The van der Waals surface area contributed by atoms with Crippen LogP contribution in [0.25, 0.3) is 0 Å². The number of hydrogen-bond donors (Lipinski definition) is 0. The van der Waals surface area contributed by atoms with Crippen molar-refractivity contribution in [1.82, 2.24) is 15.0 Å². The Morgan fingerprint density at radius 3 is 2.26 bits per heavy atom. The van der Waals surface area contributed by atoms with Crippen molar-refractivity contribution in [1.29, 1.82) is 0 Å². The van der Waals surface area contributed by atoms with E-state index in [9.17, 15) is 14.0 Å². The maximum absolute atomic E-state index is 13.7. The Balaban J connectivity index is 1.63. The van der Waals surface area contributed by atoms with E-state index in [1.54, 1.807) is 34.9 Å². The highest BCUT2D eigenvalue weighted by atomic mass is 19.1. The lowest BCUT2D eigenvalue weighted by atomic mass is 10.1. The summed E-state index contributed by atoms with van der Waals surface area (Å²) >= 11 is 0. The number of rotatable bonds is 2. The van der Waals surface area contributed by atoms with Gasteiger partial charge in [-0.2, -0.15) is 0 Å². The average Bonchev–Trinajstić information content (AvgIpc) is 3.01. The number of aromatic nitrogens is 1. The van der Waals surface area contributed by atoms with Crippen molar-refractivity contribution in [3.63, 3.8) is 0 Å². The zero-order valence-electron chi connectivity index (χ0n) is 12.7. The first-order valence-corrected chi connectivity index (χ1v) is 7.32. The molecule has 0 aliphatic carbocycles. The minimum atomic E-state index is -0.533. The van der Waals surface area contributed by atoms with Gasteiger partial charge in [0.2, 0.25) is 0 Å². The minimum Gasteiger partial charge on any atom is -0.361 e. The molecule has 0 N–H and O–H groups in total. The fourth-order valence-electron chi connectivity index (χ4n) is 2.55. The molecule has 0 bridgehead atoms. The smallest absolute Gasteiger partial charge is 0.276 e. The van der Waals surface area contributed by atoms with Crippen LogP contribution >= 0.6 is 0 Å². The van der Waals surface area contributed by atoms with Crippen LogP contribution in [0.1, 0.15) is 26.6 Å². The maximum Gasteiger partial charge on any atom is 0.276 e. The normalized spacial score (nSPS) is 14.9. The standard InChI is InChI=1S/C16H16FN3O3/c1-11-10-14(18-23-11)16(22)20-8-6-19(7-9-20)15(21)12-4-2-3-5-13(12)17/h2-5,10H,6-9H2,1H3. The van der Waals surface area contributed by atoms with Crippen LogP contribution in [0.15, 0.2) is 34.9 Å². The third-order valence-electron chi connectivity index (χ3n) is 3.81. The fraction of sp³-hybridized carbons (Fsp3) is 0.312. The summed E-state index contributed by atoms with van der Waals surface area (Å²) in [5, 5.41) is 3.71. The van der Waals surface area contributed by atoms with Gasteiger partial charge in [0.15, 0.2) is 5.69 Å². The predicted molar refractivity (Wildman–Crippen MR) is 79.4 cm³/mol. The Hall–Kier alpha value is -2.70. The minimum absolute atomic E-state index is 0.0550. The second-order valence-corrected chi connectivity index (χ2v) is 5.39. The van der Waals surface area contributed by atoms with Gasteiger partial charge in [-0.1, -0.05) is 17.3 Å². The Kier molecular flexibility index (Phi) is 4.10. The third kappa shape index (κ3) is 3.08. The number of carbonyl (C=O) groups excluding carboxylic acids is 2. The first-order valence-electron chi connectivity index (χ1n) is 7.32. The van der Waals surface area contributed by atoms with E-state index in [0.29, 0.717) is 31.9 Å². The second kappa shape index (κ2) is 6.20. The summed E-state index contributed by atoms with van der Waals surface area (Å²) in [5.41, 5.74) is 0.316. The van der Waals surface area contributed by atoms with Gasteiger partial charge in [0.1, 0.15) is 11.6 Å². The monoisotopic (exact) mass is 317 g/mol. The quantitative estimate of drug-likeness (QED) is 0.846. The number of piperazine rings is 1. The highest BCUT2D eigenvalue weighted by Crippen LogP contribution is 2.14. The highest BCUT2D eigenvalue weighted by molar-refractivity contribution is 5.95. The molecule has 1 aromatic carbocycles. The average molecular weight is 317 g/mol. The first-order chi connectivity index (χ1) is 11.1. The van der Waals surface area contributed by atoms with Gasteiger partial charge in [0.05, 0.1) is 5.56 Å². The van der Waals surface area contributed by atoms with Gasteiger partial charge >= 0.3 is 0 Å². The fourth-order valence-corrected chi connectivity index (χ4v) is 2.55. The molecule has 0 atom stereocenters. The van der Waals surface area contributed by atoms with E-state index in [1.807, 2.05) is 0 Å². The highest BCUT2D eigenvalue weighted by Gasteiger charge is 2.27. The van der Waals surface area contributed by atoms with E-state index in [0.717, 1.165) is 0 Å². The van der Waals surface area contributed by atoms with Gasteiger partial charge < -0.3 is 14.3 Å². The molecule has 1 aliphatic heterocycles. The van der Waals surface area contributed by atoms with Crippen LogP contribution in [0.4, 0.5) is 4.39 Å². The van der Waals surface area contributed by atoms with Crippen LogP contribution in [-0.2, 0) is 0 Å². The van der Waals surface area contributed by atoms with Gasteiger partial charge in [-0.25, -0.2) is 4.39 Å². The molecule has 0 radical (unpaired) electrons. The largest absolute Gasteiger partial charge is 0.361 e. The molecule has 0 unspecified atom stereocenters.